The maximum Gasteiger partial charge on any atom is 0.128 e. The van der Waals surface area contributed by atoms with E-state index in [1.54, 1.807) is 7.11 Å². The zero-order valence-corrected chi connectivity index (χ0v) is 14.7. The number of benzene rings is 1. The number of methoxy groups -OCH3 is 1. The summed E-state index contributed by atoms with van der Waals surface area (Å²) in [6.07, 6.45) is 5.67. The molecule has 0 fully saturated rings. The van der Waals surface area contributed by atoms with E-state index in [2.05, 4.69) is 34.8 Å². The molecule has 0 unspecified atom stereocenters. The molecule has 1 aromatic carbocycles. The van der Waals surface area contributed by atoms with E-state index in [1.165, 1.54) is 0 Å². The molecule has 4 heteroatoms. The van der Waals surface area contributed by atoms with Crippen LogP contribution in [0.25, 0.3) is 11.3 Å². The van der Waals surface area contributed by atoms with E-state index in [0.717, 1.165) is 52.5 Å². The summed E-state index contributed by atoms with van der Waals surface area (Å²) in [5.74, 6) is 2.00. The van der Waals surface area contributed by atoms with Gasteiger partial charge in [0, 0.05) is 48.2 Å². The summed E-state index contributed by atoms with van der Waals surface area (Å²) in [4.78, 5) is 9.37. The van der Waals surface area contributed by atoms with Crippen LogP contribution >= 0.6 is 0 Å². The van der Waals surface area contributed by atoms with Crippen molar-refractivity contribution in [3.05, 3.63) is 65.4 Å². The number of hydrogen-bond donors (Lipinski definition) is 0. The van der Waals surface area contributed by atoms with Gasteiger partial charge in [0.2, 0.25) is 0 Å². The minimum Gasteiger partial charge on any atom is -0.496 e. The lowest BCUT2D eigenvalue weighted by atomic mass is 10.1. The van der Waals surface area contributed by atoms with Gasteiger partial charge in [0.15, 0.2) is 0 Å². The van der Waals surface area contributed by atoms with E-state index >= 15 is 0 Å². The van der Waals surface area contributed by atoms with E-state index in [4.69, 9.17) is 9.72 Å². The molecule has 0 spiro atoms. The smallest absolute Gasteiger partial charge is 0.128 e. The zero-order valence-electron chi connectivity index (χ0n) is 14.7. The third-order valence-corrected chi connectivity index (χ3v) is 4.38. The Hall–Kier alpha value is -2.62. The van der Waals surface area contributed by atoms with Crippen LogP contribution < -0.4 is 4.74 Å². The molecule has 24 heavy (non-hydrogen) atoms. The predicted molar refractivity (Wildman–Crippen MR) is 96.3 cm³/mol. The fraction of sp³-hybridized carbons (Fsp3) is 0.300. The first-order valence-corrected chi connectivity index (χ1v) is 8.17. The second-order valence-electron chi connectivity index (χ2n) is 6.07. The lowest BCUT2D eigenvalue weighted by molar-refractivity contribution is 0.407. The molecule has 3 rings (SSSR count). The normalized spacial score (nSPS) is 10.8. The minimum absolute atomic E-state index is 0.849. The number of ether oxygens (including phenoxy) is 1. The second-order valence-corrected chi connectivity index (χ2v) is 6.07. The van der Waals surface area contributed by atoms with Gasteiger partial charge in [0.05, 0.1) is 12.8 Å². The van der Waals surface area contributed by atoms with Gasteiger partial charge in [-0.05, 0) is 20.3 Å². The highest BCUT2D eigenvalue weighted by atomic mass is 16.5. The molecule has 0 aliphatic rings. The summed E-state index contributed by atoms with van der Waals surface area (Å²) in [6, 6.07) is 10.3. The van der Waals surface area contributed by atoms with Gasteiger partial charge in [-0.3, -0.25) is 4.98 Å². The molecular weight excluding hydrogens is 298 g/mol. The average Bonchev–Trinajstić information content (AvgIpc) is 2.96. The number of aromatic nitrogens is 3. The number of aryl methyl sites for hydroxylation is 4. The molecule has 0 aliphatic heterocycles. The second kappa shape index (κ2) is 6.87. The summed E-state index contributed by atoms with van der Waals surface area (Å²) in [6.45, 7) is 4.09. The van der Waals surface area contributed by atoms with Crippen molar-refractivity contribution in [3.8, 4) is 17.0 Å². The fourth-order valence-corrected chi connectivity index (χ4v) is 3.04. The van der Waals surface area contributed by atoms with Gasteiger partial charge in [0.25, 0.3) is 0 Å². The maximum atomic E-state index is 5.49. The molecule has 0 aliphatic carbocycles. The summed E-state index contributed by atoms with van der Waals surface area (Å²) in [5, 5.41) is 0. The molecule has 0 saturated heterocycles. The van der Waals surface area contributed by atoms with Crippen molar-refractivity contribution in [2.24, 2.45) is 7.05 Å². The van der Waals surface area contributed by atoms with Crippen LogP contribution in [0.4, 0.5) is 0 Å². The Labute approximate surface area is 143 Å². The minimum atomic E-state index is 0.849. The molecule has 2 heterocycles. The van der Waals surface area contributed by atoms with E-state index in [1.807, 2.05) is 38.4 Å². The van der Waals surface area contributed by atoms with Crippen LogP contribution in [0.15, 0.2) is 42.7 Å². The Morgan fingerprint density at radius 2 is 1.83 bits per heavy atom. The van der Waals surface area contributed by atoms with Crippen molar-refractivity contribution in [2.75, 3.05) is 7.11 Å². The molecule has 0 bridgehead atoms. The van der Waals surface area contributed by atoms with Gasteiger partial charge < -0.3 is 9.30 Å². The number of hydrogen-bond acceptors (Lipinski definition) is 3. The molecular formula is C20H23N3O. The third kappa shape index (κ3) is 3.18. The van der Waals surface area contributed by atoms with Gasteiger partial charge in [-0.2, -0.15) is 0 Å². The molecule has 0 atom stereocenters. The van der Waals surface area contributed by atoms with E-state index in [-0.39, 0.29) is 0 Å². The quantitative estimate of drug-likeness (QED) is 0.715. The molecule has 3 aromatic rings. The van der Waals surface area contributed by atoms with Crippen molar-refractivity contribution in [1.29, 1.82) is 0 Å². The lowest BCUT2D eigenvalue weighted by Gasteiger charge is -2.12. The highest BCUT2D eigenvalue weighted by molar-refractivity contribution is 5.58. The number of rotatable bonds is 5. The molecule has 2 aromatic heterocycles. The summed E-state index contributed by atoms with van der Waals surface area (Å²) < 4.78 is 7.59. The van der Waals surface area contributed by atoms with Crippen LogP contribution in [-0.2, 0) is 19.9 Å². The molecule has 0 saturated carbocycles. The molecule has 0 N–H and O–H groups in total. The standard InChI is InChI=1S/C20H23N3O/c1-14-12-21-17(15(2)20(14)24-4)10-11-19-22-18(13-23(19)3)16-8-6-5-7-9-16/h5-9,12-13H,10-11H2,1-4H3. The van der Waals surface area contributed by atoms with Crippen LogP contribution in [0.1, 0.15) is 22.6 Å². The predicted octanol–water partition coefficient (Wildman–Crippen LogP) is 3.89. The van der Waals surface area contributed by atoms with Gasteiger partial charge in [-0.25, -0.2) is 4.98 Å². The molecule has 0 radical (unpaired) electrons. The SMILES string of the molecule is COc1c(C)cnc(CCc2nc(-c3ccccc3)cn2C)c1C. The van der Waals surface area contributed by atoms with Crippen LogP contribution in [0.2, 0.25) is 0 Å². The van der Waals surface area contributed by atoms with Crippen LogP contribution in [0.3, 0.4) is 0 Å². The third-order valence-electron chi connectivity index (χ3n) is 4.38. The Kier molecular flexibility index (Phi) is 4.65. The first kappa shape index (κ1) is 16.2. The number of imidazole rings is 1. The molecule has 0 amide bonds. The summed E-state index contributed by atoms with van der Waals surface area (Å²) >= 11 is 0. The largest absolute Gasteiger partial charge is 0.496 e. The number of pyridine rings is 1. The first-order chi connectivity index (χ1) is 11.6. The van der Waals surface area contributed by atoms with Gasteiger partial charge in [-0.15, -0.1) is 0 Å². The zero-order chi connectivity index (χ0) is 17.1. The summed E-state index contributed by atoms with van der Waals surface area (Å²) in [5.41, 5.74) is 5.42. The lowest BCUT2D eigenvalue weighted by Crippen LogP contribution is -2.04. The van der Waals surface area contributed by atoms with Gasteiger partial charge in [-0.1, -0.05) is 30.3 Å². The highest BCUT2D eigenvalue weighted by Gasteiger charge is 2.12. The van der Waals surface area contributed by atoms with E-state index in [0.29, 0.717) is 0 Å². The van der Waals surface area contributed by atoms with Crippen molar-refractivity contribution in [1.82, 2.24) is 14.5 Å². The van der Waals surface area contributed by atoms with Gasteiger partial charge in [0.1, 0.15) is 11.6 Å². The average molecular weight is 321 g/mol. The maximum absolute atomic E-state index is 5.49. The van der Waals surface area contributed by atoms with Crippen LogP contribution in [0, 0.1) is 13.8 Å². The van der Waals surface area contributed by atoms with Crippen molar-refractivity contribution < 1.29 is 4.74 Å². The summed E-state index contributed by atoms with van der Waals surface area (Å²) in [7, 11) is 3.76. The van der Waals surface area contributed by atoms with Gasteiger partial charge >= 0.3 is 0 Å². The van der Waals surface area contributed by atoms with Crippen molar-refractivity contribution >= 4 is 0 Å². The van der Waals surface area contributed by atoms with Crippen molar-refractivity contribution in [2.45, 2.75) is 26.7 Å². The number of nitrogens with zero attached hydrogens (tertiary/aromatic N) is 3. The fourth-order valence-electron chi connectivity index (χ4n) is 3.04. The molecule has 124 valence electrons. The van der Waals surface area contributed by atoms with E-state index < -0.39 is 0 Å². The van der Waals surface area contributed by atoms with Crippen molar-refractivity contribution in [3.63, 3.8) is 0 Å². The Balaban J connectivity index is 1.80. The highest BCUT2D eigenvalue weighted by Crippen LogP contribution is 2.25. The topological polar surface area (TPSA) is 39.9 Å². The Morgan fingerprint density at radius 1 is 1.08 bits per heavy atom. The Bertz CT molecular complexity index is 838. The van der Waals surface area contributed by atoms with Crippen LogP contribution in [0.5, 0.6) is 5.75 Å². The Morgan fingerprint density at radius 3 is 2.54 bits per heavy atom. The van der Waals surface area contributed by atoms with E-state index in [9.17, 15) is 0 Å². The molecule has 4 nitrogen and oxygen atoms in total. The monoisotopic (exact) mass is 321 g/mol. The first-order valence-electron chi connectivity index (χ1n) is 8.17. The van der Waals surface area contributed by atoms with Crippen LogP contribution in [-0.4, -0.2) is 21.6 Å².